The Kier molecular flexibility index (Phi) is 4.14. The fourth-order valence-electron chi connectivity index (χ4n) is 2.07. The first kappa shape index (κ1) is 13.9. The molecule has 0 N–H and O–H groups in total. The van der Waals surface area contributed by atoms with Crippen LogP contribution in [0.2, 0.25) is 0 Å². The number of benzene rings is 1. The van der Waals surface area contributed by atoms with Crippen LogP contribution in [0.15, 0.2) is 35.9 Å². The van der Waals surface area contributed by atoms with Crippen LogP contribution in [0.1, 0.15) is 27.6 Å². The van der Waals surface area contributed by atoms with Crippen molar-refractivity contribution in [3.05, 3.63) is 47.0 Å². The highest BCUT2D eigenvalue weighted by Crippen LogP contribution is 2.25. The van der Waals surface area contributed by atoms with Gasteiger partial charge >= 0.3 is 0 Å². The van der Waals surface area contributed by atoms with E-state index in [2.05, 4.69) is 15.9 Å². The maximum Gasteiger partial charge on any atom is 0.262 e. The first-order chi connectivity index (χ1) is 9.10. The Hall–Kier alpha value is -1.49. The number of imide groups is 1. The van der Waals surface area contributed by atoms with Gasteiger partial charge in [-0.25, -0.2) is 4.39 Å². The van der Waals surface area contributed by atoms with E-state index in [1.807, 2.05) is 6.92 Å². The van der Waals surface area contributed by atoms with Gasteiger partial charge in [0.1, 0.15) is 6.67 Å². The minimum absolute atomic E-state index is 0.343. The van der Waals surface area contributed by atoms with E-state index >= 15 is 0 Å². The van der Waals surface area contributed by atoms with E-state index < -0.39 is 24.5 Å². The molecule has 1 heterocycles. The van der Waals surface area contributed by atoms with Crippen LogP contribution in [-0.4, -0.2) is 34.8 Å². The molecule has 0 aliphatic carbocycles. The Bertz CT molecular complexity index is 521. The molecule has 0 spiro atoms. The zero-order valence-corrected chi connectivity index (χ0v) is 12.0. The third-order valence-corrected chi connectivity index (χ3v) is 3.89. The molecule has 2 rings (SSSR count). The SMILES string of the molecule is CC(=CC(CF)N1C(=O)c2ccccc2C1=O)CBr. The largest absolute Gasteiger partial charge is 0.269 e. The van der Waals surface area contributed by atoms with Gasteiger partial charge in [0.25, 0.3) is 11.8 Å². The van der Waals surface area contributed by atoms with Crippen molar-refractivity contribution >= 4 is 27.7 Å². The number of halogens is 2. The van der Waals surface area contributed by atoms with E-state index in [0.717, 1.165) is 10.5 Å². The first-order valence-electron chi connectivity index (χ1n) is 5.86. The average Bonchev–Trinajstić information content (AvgIpc) is 2.69. The van der Waals surface area contributed by atoms with Crippen LogP contribution < -0.4 is 0 Å². The van der Waals surface area contributed by atoms with Crippen LogP contribution >= 0.6 is 15.9 Å². The Morgan fingerprint density at radius 3 is 2.26 bits per heavy atom. The van der Waals surface area contributed by atoms with Crippen molar-refractivity contribution in [3.8, 4) is 0 Å². The fourth-order valence-corrected chi connectivity index (χ4v) is 2.26. The number of alkyl halides is 2. The number of amides is 2. The van der Waals surface area contributed by atoms with Crippen molar-refractivity contribution in [2.24, 2.45) is 0 Å². The average molecular weight is 326 g/mol. The minimum Gasteiger partial charge on any atom is -0.269 e. The van der Waals surface area contributed by atoms with E-state index in [4.69, 9.17) is 0 Å². The lowest BCUT2D eigenvalue weighted by Crippen LogP contribution is -2.40. The summed E-state index contributed by atoms with van der Waals surface area (Å²) in [6.45, 7) is 1.03. The molecule has 100 valence electrons. The van der Waals surface area contributed by atoms with Crippen LogP contribution in [-0.2, 0) is 0 Å². The molecular weight excluding hydrogens is 313 g/mol. The molecule has 1 aliphatic rings. The lowest BCUT2D eigenvalue weighted by Gasteiger charge is -2.21. The summed E-state index contributed by atoms with van der Waals surface area (Å²) in [5, 5.41) is 0.576. The number of hydrogen-bond acceptors (Lipinski definition) is 2. The van der Waals surface area contributed by atoms with Gasteiger partial charge in [-0.15, -0.1) is 0 Å². The van der Waals surface area contributed by atoms with Crippen molar-refractivity contribution in [2.75, 3.05) is 12.0 Å². The molecule has 19 heavy (non-hydrogen) atoms. The molecule has 1 aromatic carbocycles. The quantitative estimate of drug-likeness (QED) is 0.485. The summed E-state index contributed by atoms with van der Waals surface area (Å²) < 4.78 is 13.2. The lowest BCUT2D eigenvalue weighted by molar-refractivity contribution is 0.0596. The second-order valence-electron chi connectivity index (χ2n) is 4.39. The third kappa shape index (κ3) is 2.47. The van der Waals surface area contributed by atoms with Gasteiger partial charge in [-0.05, 0) is 19.1 Å². The molecule has 0 saturated heterocycles. The Balaban J connectivity index is 2.38. The van der Waals surface area contributed by atoms with Crippen LogP contribution in [0, 0.1) is 0 Å². The molecule has 0 aromatic heterocycles. The molecule has 0 bridgehead atoms. The van der Waals surface area contributed by atoms with Crippen LogP contribution in [0.4, 0.5) is 4.39 Å². The molecule has 1 atom stereocenters. The van der Waals surface area contributed by atoms with Crippen LogP contribution in [0.5, 0.6) is 0 Å². The topological polar surface area (TPSA) is 37.4 Å². The van der Waals surface area contributed by atoms with Crippen molar-refractivity contribution in [3.63, 3.8) is 0 Å². The second-order valence-corrected chi connectivity index (χ2v) is 4.95. The Morgan fingerprint density at radius 1 is 1.32 bits per heavy atom. The van der Waals surface area contributed by atoms with Crippen LogP contribution in [0.3, 0.4) is 0 Å². The molecule has 3 nitrogen and oxygen atoms in total. The third-order valence-electron chi connectivity index (χ3n) is 3.00. The number of fused-ring (bicyclic) bond motifs is 1. The maximum absolute atomic E-state index is 13.2. The Morgan fingerprint density at radius 2 is 1.84 bits per heavy atom. The summed E-state index contributed by atoms with van der Waals surface area (Å²) in [4.78, 5) is 25.3. The number of allylic oxidation sites excluding steroid dienone is 1. The lowest BCUT2D eigenvalue weighted by atomic mass is 10.1. The Labute approximate surface area is 119 Å². The summed E-state index contributed by atoms with van der Waals surface area (Å²) in [6, 6.07) is 5.72. The van der Waals surface area contributed by atoms with Gasteiger partial charge in [-0.3, -0.25) is 14.5 Å². The predicted octanol–water partition coefficient (Wildman–Crippen LogP) is 2.96. The summed E-state index contributed by atoms with van der Waals surface area (Å²) >= 11 is 3.26. The van der Waals surface area contributed by atoms with E-state index in [9.17, 15) is 14.0 Å². The van der Waals surface area contributed by atoms with Gasteiger partial charge < -0.3 is 0 Å². The molecule has 1 aliphatic heterocycles. The second kappa shape index (κ2) is 5.65. The number of hydrogen-bond donors (Lipinski definition) is 0. The van der Waals surface area contributed by atoms with E-state index in [1.54, 1.807) is 30.3 Å². The normalized spacial score (nSPS) is 16.8. The highest BCUT2D eigenvalue weighted by molar-refractivity contribution is 9.09. The summed E-state index contributed by atoms with van der Waals surface area (Å²) in [7, 11) is 0. The number of carbonyl (C=O) groups is 2. The van der Waals surface area contributed by atoms with Gasteiger partial charge in [-0.1, -0.05) is 39.7 Å². The monoisotopic (exact) mass is 325 g/mol. The molecule has 0 fully saturated rings. The van der Waals surface area contributed by atoms with Crippen molar-refractivity contribution < 1.29 is 14.0 Å². The first-order valence-corrected chi connectivity index (χ1v) is 6.98. The van der Waals surface area contributed by atoms with Gasteiger partial charge in [0.15, 0.2) is 0 Å². The molecular formula is C14H13BrFNO2. The summed E-state index contributed by atoms with van der Waals surface area (Å²) in [5.41, 5.74) is 1.56. The van der Waals surface area contributed by atoms with Gasteiger partial charge in [0.05, 0.1) is 17.2 Å². The zero-order valence-electron chi connectivity index (χ0n) is 10.4. The van der Waals surface area contributed by atoms with Gasteiger partial charge in [-0.2, -0.15) is 0 Å². The summed E-state index contributed by atoms with van der Waals surface area (Å²) in [5.74, 6) is -0.858. The fraction of sp³-hybridized carbons (Fsp3) is 0.286. The van der Waals surface area contributed by atoms with Gasteiger partial charge in [0, 0.05) is 5.33 Å². The molecule has 0 radical (unpaired) electrons. The molecule has 5 heteroatoms. The van der Waals surface area contributed by atoms with Crippen LogP contribution in [0.25, 0.3) is 0 Å². The van der Waals surface area contributed by atoms with Crippen molar-refractivity contribution in [1.29, 1.82) is 0 Å². The van der Waals surface area contributed by atoms with Gasteiger partial charge in [0.2, 0.25) is 0 Å². The molecule has 2 amide bonds. The minimum atomic E-state index is -0.843. The number of carbonyl (C=O) groups excluding carboxylic acids is 2. The number of nitrogens with zero attached hydrogens (tertiary/aromatic N) is 1. The van der Waals surface area contributed by atoms with Crippen molar-refractivity contribution in [1.82, 2.24) is 4.90 Å². The highest BCUT2D eigenvalue weighted by Gasteiger charge is 2.38. The molecule has 1 aromatic rings. The van der Waals surface area contributed by atoms with Crippen molar-refractivity contribution in [2.45, 2.75) is 13.0 Å². The van der Waals surface area contributed by atoms with E-state index in [0.29, 0.717) is 16.5 Å². The smallest absolute Gasteiger partial charge is 0.262 e. The standard InChI is InChI=1S/C14H13BrFNO2/c1-9(7-15)6-10(8-16)17-13(18)11-4-2-3-5-12(11)14(17)19/h2-6,10H,7-8H2,1H3. The van der Waals surface area contributed by atoms with E-state index in [-0.39, 0.29) is 0 Å². The summed E-state index contributed by atoms with van der Waals surface area (Å²) in [6.07, 6.45) is 1.61. The number of rotatable bonds is 4. The molecule has 0 saturated carbocycles. The maximum atomic E-state index is 13.2. The van der Waals surface area contributed by atoms with E-state index in [1.165, 1.54) is 0 Å². The predicted molar refractivity (Wildman–Crippen MR) is 74.3 cm³/mol. The highest BCUT2D eigenvalue weighted by atomic mass is 79.9. The zero-order chi connectivity index (χ0) is 14.0. The molecule has 1 unspecified atom stereocenters.